The van der Waals surface area contributed by atoms with Crippen LogP contribution in [-0.2, 0) is 25.9 Å². The predicted octanol–water partition coefficient (Wildman–Crippen LogP) is 3.65. The largest absolute Gasteiger partial charge is 0.480 e. The standard InChI is InChI=1S/C23H21F4NO4S/c24-19-10-8-18(9-11-19)22(23(25,26)27,13-12-16-6-7-16)28-20(21(29)30)15-33(31,32)14-17-4-2-1-3-5-17/h1-5,8-11,16,20,28H,6-7,14-15H2,(H,29,30)/t20-,22?/m0/s1. The summed E-state index contributed by atoms with van der Waals surface area (Å²) in [5.41, 5.74) is -3.36. The zero-order valence-corrected chi connectivity index (χ0v) is 18.1. The lowest BCUT2D eigenvalue weighted by atomic mass is 9.88. The molecular formula is C23H21F4NO4S. The van der Waals surface area contributed by atoms with Gasteiger partial charge in [0.1, 0.15) is 11.9 Å². The Morgan fingerprint density at radius 2 is 1.70 bits per heavy atom. The average molecular weight is 483 g/mol. The van der Waals surface area contributed by atoms with E-state index < -0.39 is 56.5 Å². The first kappa shape index (κ1) is 24.7. The lowest BCUT2D eigenvalue weighted by molar-refractivity contribution is -0.185. The van der Waals surface area contributed by atoms with E-state index in [0.29, 0.717) is 18.4 Å². The van der Waals surface area contributed by atoms with E-state index in [2.05, 4.69) is 11.8 Å². The summed E-state index contributed by atoms with van der Waals surface area (Å²) >= 11 is 0. The summed E-state index contributed by atoms with van der Waals surface area (Å²) in [6.45, 7) is 0. The van der Waals surface area contributed by atoms with Gasteiger partial charge in [0.15, 0.2) is 9.84 Å². The zero-order valence-electron chi connectivity index (χ0n) is 17.3. The fourth-order valence-corrected chi connectivity index (χ4v) is 4.77. The van der Waals surface area contributed by atoms with Gasteiger partial charge in [0.25, 0.3) is 0 Å². The highest BCUT2D eigenvalue weighted by molar-refractivity contribution is 7.90. The molecule has 0 aromatic heterocycles. The number of halogens is 4. The molecule has 0 radical (unpaired) electrons. The van der Waals surface area contributed by atoms with Gasteiger partial charge in [0.05, 0.1) is 11.5 Å². The van der Waals surface area contributed by atoms with Gasteiger partial charge in [0.2, 0.25) is 5.54 Å². The maximum absolute atomic E-state index is 14.4. The van der Waals surface area contributed by atoms with Crippen molar-refractivity contribution in [1.29, 1.82) is 0 Å². The Kier molecular flexibility index (Phi) is 7.14. The molecule has 1 aliphatic carbocycles. The first-order valence-electron chi connectivity index (χ1n) is 10.0. The van der Waals surface area contributed by atoms with Gasteiger partial charge in [-0.25, -0.2) is 12.8 Å². The van der Waals surface area contributed by atoms with Crippen LogP contribution >= 0.6 is 0 Å². The fourth-order valence-electron chi connectivity index (χ4n) is 3.22. The molecule has 176 valence electrons. The molecule has 2 aromatic rings. The molecule has 0 spiro atoms. The van der Waals surface area contributed by atoms with Crippen molar-refractivity contribution in [3.05, 3.63) is 71.5 Å². The van der Waals surface area contributed by atoms with Gasteiger partial charge in [0, 0.05) is 5.92 Å². The number of rotatable bonds is 8. The summed E-state index contributed by atoms with van der Waals surface area (Å²) in [7, 11) is -4.12. The molecule has 0 aliphatic heterocycles. The van der Waals surface area contributed by atoms with Gasteiger partial charge in [-0.3, -0.25) is 10.1 Å². The molecule has 33 heavy (non-hydrogen) atoms. The molecule has 1 saturated carbocycles. The monoisotopic (exact) mass is 483 g/mol. The quantitative estimate of drug-likeness (QED) is 0.443. The van der Waals surface area contributed by atoms with E-state index in [9.17, 15) is 35.9 Å². The Balaban J connectivity index is 2.00. The Hall–Kier alpha value is -2.90. The summed E-state index contributed by atoms with van der Waals surface area (Å²) in [5, 5.41) is 11.6. The fraction of sp³-hybridized carbons (Fsp3) is 0.348. The molecule has 0 heterocycles. The summed E-state index contributed by atoms with van der Waals surface area (Å²) in [5.74, 6) is 0.152. The first-order valence-corrected chi connectivity index (χ1v) is 11.8. The molecule has 0 amide bonds. The van der Waals surface area contributed by atoms with E-state index in [4.69, 9.17) is 0 Å². The van der Waals surface area contributed by atoms with Crippen LogP contribution in [0, 0.1) is 23.6 Å². The Morgan fingerprint density at radius 1 is 1.09 bits per heavy atom. The molecule has 5 nitrogen and oxygen atoms in total. The summed E-state index contributed by atoms with van der Waals surface area (Å²) in [6.07, 6.45) is -3.92. The van der Waals surface area contributed by atoms with Crippen LogP contribution in [0.5, 0.6) is 0 Å². The maximum Gasteiger partial charge on any atom is 0.422 e. The van der Waals surface area contributed by atoms with Crippen LogP contribution in [0.25, 0.3) is 0 Å². The second kappa shape index (κ2) is 9.53. The number of sulfone groups is 1. The molecule has 0 saturated heterocycles. The van der Waals surface area contributed by atoms with E-state index in [1.165, 1.54) is 12.1 Å². The summed E-state index contributed by atoms with van der Waals surface area (Å²) < 4.78 is 82.0. The van der Waals surface area contributed by atoms with Crippen molar-refractivity contribution >= 4 is 15.8 Å². The van der Waals surface area contributed by atoms with Crippen molar-refractivity contribution in [3.8, 4) is 11.8 Å². The molecule has 1 unspecified atom stereocenters. The Bertz CT molecular complexity index is 1150. The molecule has 3 rings (SSSR count). The Morgan fingerprint density at radius 3 is 2.21 bits per heavy atom. The smallest absolute Gasteiger partial charge is 0.422 e. The number of benzene rings is 2. The van der Waals surface area contributed by atoms with E-state index in [1.807, 2.05) is 5.32 Å². The molecule has 10 heteroatoms. The minimum absolute atomic E-state index is 0.265. The molecule has 1 fully saturated rings. The highest BCUT2D eigenvalue weighted by Gasteiger charge is 2.57. The zero-order chi connectivity index (χ0) is 24.3. The van der Waals surface area contributed by atoms with Gasteiger partial charge in [-0.15, -0.1) is 0 Å². The van der Waals surface area contributed by atoms with Gasteiger partial charge >= 0.3 is 12.1 Å². The van der Waals surface area contributed by atoms with E-state index >= 15 is 0 Å². The van der Waals surface area contributed by atoms with Gasteiger partial charge in [-0.1, -0.05) is 54.3 Å². The second-order valence-corrected chi connectivity index (χ2v) is 9.98. The van der Waals surface area contributed by atoms with Crippen molar-refractivity contribution in [2.45, 2.75) is 36.4 Å². The number of carbonyl (C=O) groups is 1. The van der Waals surface area contributed by atoms with Crippen LogP contribution < -0.4 is 5.32 Å². The third-order valence-electron chi connectivity index (χ3n) is 5.08. The third-order valence-corrected chi connectivity index (χ3v) is 6.70. The first-order chi connectivity index (χ1) is 15.4. The van der Waals surface area contributed by atoms with Crippen LogP contribution in [-0.4, -0.2) is 37.5 Å². The number of carboxylic acid groups (broad SMARTS) is 1. The second-order valence-electron chi connectivity index (χ2n) is 7.87. The van der Waals surface area contributed by atoms with Crippen molar-refractivity contribution in [1.82, 2.24) is 5.32 Å². The van der Waals surface area contributed by atoms with E-state index in [0.717, 1.165) is 24.3 Å². The number of nitrogens with one attached hydrogen (secondary N) is 1. The van der Waals surface area contributed by atoms with Crippen molar-refractivity contribution < 1.29 is 35.9 Å². The molecule has 2 aromatic carbocycles. The lowest BCUT2D eigenvalue weighted by Crippen LogP contribution is -2.60. The van der Waals surface area contributed by atoms with Crippen molar-refractivity contribution in [3.63, 3.8) is 0 Å². The van der Waals surface area contributed by atoms with E-state index in [-0.39, 0.29) is 5.92 Å². The highest BCUT2D eigenvalue weighted by atomic mass is 32.2. The normalized spacial score (nSPS) is 16.8. The molecule has 2 atom stereocenters. The topological polar surface area (TPSA) is 83.5 Å². The van der Waals surface area contributed by atoms with Gasteiger partial charge in [-0.2, -0.15) is 13.2 Å². The van der Waals surface area contributed by atoms with Gasteiger partial charge in [-0.05, 0) is 36.1 Å². The molecule has 2 N–H and O–H groups in total. The SMILES string of the molecule is O=C(O)[C@H](CS(=O)(=O)Cc1ccccc1)NC(C#CC1CC1)(c1ccc(F)cc1)C(F)(F)F. The highest BCUT2D eigenvalue weighted by Crippen LogP contribution is 2.40. The average Bonchev–Trinajstić information content (AvgIpc) is 3.55. The Labute approximate surface area is 188 Å². The molecule has 0 bridgehead atoms. The molecular weight excluding hydrogens is 462 g/mol. The van der Waals surface area contributed by atoms with Crippen LogP contribution in [0.3, 0.4) is 0 Å². The maximum atomic E-state index is 14.4. The number of carboxylic acids is 1. The number of hydrogen-bond acceptors (Lipinski definition) is 4. The third kappa shape index (κ3) is 6.33. The van der Waals surface area contributed by atoms with Gasteiger partial charge < -0.3 is 5.11 Å². The van der Waals surface area contributed by atoms with E-state index in [1.54, 1.807) is 18.2 Å². The van der Waals surface area contributed by atoms with Crippen LogP contribution in [0.2, 0.25) is 0 Å². The van der Waals surface area contributed by atoms with Crippen molar-refractivity contribution in [2.75, 3.05) is 5.75 Å². The minimum Gasteiger partial charge on any atom is -0.480 e. The minimum atomic E-state index is -5.14. The van der Waals surface area contributed by atoms with Crippen LogP contribution in [0.1, 0.15) is 24.0 Å². The number of hydrogen-bond donors (Lipinski definition) is 2. The predicted molar refractivity (Wildman–Crippen MR) is 113 cm³/mol. The van der Waals surface area contributed by atoms with Crippen LogP contribution in [0.4, 0.5) is 17.6 Å². The van der Waals surface area contributed by atoms with Crippen LogP contribution in [0.15, 0.2) is 54.6 Å². The lowest BCUT2D eigenvalue weighted by Gasteiger charge is -2.35. The summed E-state index contributed by atoms with van der Waals surface area (Å²) in [4.78, 5) is 11.9. The summed E-state index contributed by atoms with van der Waals surface area (Å²) in [6, 6.07) is 9.07. The molecule has 1 aliphatic rings. The van der Waals surface area contributed by atoms with Crippen molar-refractivity contribution in [2.24, 2.45) is 5.92 Å². The number of alkyl halides is 3. The number of aliphatic carboxylic acids is 1.